The molecule has 4 nitrogen and oxygen atoms in total. The van der Waals surface area contributed by atoms with E-state index >= 15 is 0 Å². The van der Waals surface area contributed by atoms with Crippen LogP contribution in [0, 0.1) is 0 Å². The van der Waals surface area contributed by atoms with Crippen molar-refractivity contribution in [3.8, 4) is 0 Å². The Labute approximate surface area is 81.3 Å². The Morgan fingerprint density at radius 1 is 1.23 bits per heavy atom. The lowest BCUT2D eigenvalue weighted by Crippen LogP contribution is -2.08. The van der Waals surface area contributed by atoms with Crippen LogP contribution in [0.1, 0.15) is 20.8 Å². The molecular formula is C8H16O4Si. The van der Waals surface area contributed by atoms with Gasteiger partial charge in [-0.1, -0.05) is 0 Å². The summed E-state index contributed by atoms with van der Waals surface area (Å²) in [5.41, 5.74) is 0. The molecule has 0 radical (unpaired) electrons. The van der Waals surface area contributed by atoms with Crippen LogP contribution in [0.5, 0.6) is 0 Å². The summed E-state index contributed by atoms with van der Waals surface area (Å²) in [5.74, 6) is -0.181. The Bertz CT molecular complexity index is 200. The molecule has 0 spiro atoms. The van der Waals surface area contributed by atoms with Gasteiger partial charge in [-0.05, 0) is 13.8 Å². The number of carbonyl (C=O) groups is 1. The van der Waals surface area contributed by atoms with Crippen molar-refractivity contribution < 1.29 is 19.0 Å². The van der Waals surface area contributed by atoms with Crippen molar-refractivity contribution >= 4 is 16.2 Å². The largest absolute Gasteiger partial charge is 0.497 e. The highest BCUT2D eigenvalue weighted by molar-refractivity contribution is 6.20. The van der Waals surface area contributed by atoms with Crippen LogP contribution in [-0.2, 0) is 19.0 Å². The average molecular weight is 204 g/mol. The fourth-order valence-electron chi connectivity index (χ4n) is 0.740. The lowest BCUT2D eigenvalue weighted by Gasteiger charge is -2.11. The zero-order valence-corrected chi connectivity index (χ0v) is 10.5. The van der Waals surface area contributed by atoms with Crippen LogP contribution in [0.15, 0.2) is 11.3 Å². The summed E-state index contributed by atoms with van der Waals surface area (Å²) < 4.78 is 15.1. The van der Waals surface area contributed by atoms with E-state index in [2.05, 4.69) is 0 Å². The van der Waals surface area contributed by atoms with Gasteiger partial charge in [0.2, 0.25) is 0 Å². The summed E-state index contributed by atoms with van der Waals surface area (Å²) in [6.07, 6.45) is 0. The molecule has 0 aliphatic rings. The first-order chi connectivity index (χ1) is 6.11. The van der Waals surface area contributed by atoms with E-state index in [1.807, 2.05) is 13.8 Å². The number of carbonyl (C=O) groups excluding carboxylic acids is 1. The van der Waals surface area contributed by atoms with Crippen LogP contribution in [0.4, 0.5) is 0 Å². The van der Waals surface area contributed by atoms with Crippen molar-refractivity contribution in [2.75, 3.05) is 13.2 Å². The summed E-state index contributed by atoms with van der Waals surface area (Å²) in [6.45, 7) is 6.04. The second-order valence-corrected chi connectivity index (χ2v) is 3.21. The molecule has 0 aromatic rings. The normalized spacial score (nSPS) is 11.9. The molecule has 0 bridgehead atoms. The number of hydrogen-bond donors (Lipinski definition) is 0. The first kappa shape index (κ1) is 12.0. The monoisotopic (exact) mass is 204 g/mol. The van der Waals surface area contributed by atoms with E-state index in [1.165, 1.54) is 6.92 Å². The van der Waals surface area contributed by atoms with Crippen LogP contribution in [0.3, 0.4) is 0 Å². The summed E-state index contributed by atoms with van der Waals surface area (Å²) in [4.78, 5) is 10.7. The Kier molecular flexibility index (Phi) is 6.04. The van der Waals surface area contributed by atoms with Crippen LogP contribution >= 0.6 is 0 Å². The van der Waals surface area contributed by atoms with Gasteiger partial charge in [-0.25, -0.2) is 0 Å². The molecule has 0 N–H and O–H groups in total. The molecular weight excluding hydrogens is 188 g/mol. The van der Waals surface area contributed by atoms with Gasteiger partial charge < -0.3 is 14.2 Å². The van der Waals surface area contributed by atoms with E-state index in [9.17, 15) is 4.79 Å². The maximum Gasteiger partial charge on any atom is 0.320 e. The fraction of sp³-hybridized carbons (Fsp3) is 0.625. The number of esters is 1. The smallest absolute Gasteiger partial charge is 0.320 e. The van der Waals surface area contributed by atoms with Gasteiger partial charge in [-0.2, -0.15) is 0 Å². The summed E-state index contributed by atoms with van der Waals surface area (Å²) in [7, 11) is 0.657. The molecule has 0 unspecified atom stereocenters. The third kappa shape index (κ3) is 5.29. The number of ether oxygens (including phenoxy) is 3. The molecule has 0 atom stereocenters. The van der Waals surface area contributed by atoms with E-state index in [4.69, 9.17) is 14.2 Å². The minimum atomic E-state index is -0.392. The van der Waals surface area contributed by atoms with Gasteiger partial charge in [0.15, 0.2) is 0 Å². The van der Waals surface area contributed by atoms with E-state index in [0.717, 1.165) is 0 Å². The molecule has 0 saturated heterocycles. The van der Waals surface area contributed by atoms with Crippen LogP contribution in [0.25, 0.3) is 0 Å². The van der Waals surface area contributed by atoms with Gasteiger partial charge in [0.05, 0.1) is 23.5 Å². The quantitative estimate of drug-likeness (QED) is 0.362. The standard InChI is InChI=1S/C8H16O4Si/c1-4-10-7(12-6(3)9)8(13)11-5-2/h4-5H2,1-3,13H3. The van der Waals surface area contributed by atoms with E-state index in [1.54, 1.807) is 0 Å². The van der Waals surface area contributed by atoms with Crippen molar-refractivity contribution in [3.63, 3.8) is 0 Å². The van der Waals surface area contributed by atoms with Gasteiger partial charge in [0.25, 0.3) is 0 Å². The highest BCUT2D eigenvalue weighted by atomic mass is 28.1. The number of rotatable bonds is 5. The molecule has 0 fully saturated rings. The molecule has 76 valence electrons. The summed E-state index contributed by atoms with van der Waals surface area (Å²) in [5, 5.41) is 0.625. The lowest BCUT2D eigenvalue weighted by molar-refractivity contribution is -0.143. The Morgan fingerprint density at radius 2 is 1.77 bits per heavy atom. The third-order valence-corrected chi connectivity index (χ3v) is 1.86. The van der Waals surface area contributed by atoms with Crippen LogP contribution < -0.4 is 0 Å². The van der Waals surface area contributed by atoms with Gasteiger partial charge in [0.1, 0.15) is 5.38 Å². The van der Waals surface area contributed by atoms with Gasteiger partial charge in [-0.3, -0.25) is 4.79 Å². The molecule has 0 heterocycles. The Hall–Kier alpha value is -0.973. The van der Waals surface area contributed by atoms with Crippen molar-refractivity contribution in [2.45, 2.75) is 20.8 Å². The molecule has 13 heavy (non-hydrogen) atoms. The fourth-order valence-corrected chi connectivity index (χ4v) is 1.28. The zero-order valence-electron chi connectivity index (χ0n) is 8.55. The molecule has 0 aliphatic carbocycles. The van der Waals surface area contributed by atoms with Gasteiger partial charge in [0, 0.05) is 6.92 Å². The highest BCUT2D eigenvalue weighted by Gasteiger charge is 2.08. The highest BCUT2D eigenvalue weighted by Crippen LogP contribution is 2.06. The van der Waals surface area contributed by atoms with Crippen LogP contribution in [-0.4, -0.2) is 29.4 Å². The minimum absolute atomic E-state index is 0.212. The van der Waals surface area contributed by atoms with E-state index in [-0.39, 0.29) is 5.95 Å². The van der Waals surface area contributed by atoms with Crippen molar-refractivity contribution in [1.29, 1.82) is 0 Å². The second-order valence-electron chi connectivity index (χ2n) is 2.30. The van der Waals surface area contributed by atoms with Crippen molar-refractivity contribution in [3.05, 3.63) is 11.3 Å². The van der Waals surface area contributed by atoms with Crippen molar-refractivity contribution in [2.24, 2.45) is 0 Å². The van der Waals surface area contributed by atoms with Gasteiger partial charge in [-0.15, -0.1) is 0 Å². The zero-order chi connectivity index (χ0) is 10.3. The average Bonchev–Trinajstić information content (AvgIpc) is 2.03. The van der Waals surface area contributed by atoms with E-state index < -0.39 is 5.97 Å². The van der Waals surface area contributed by atoms with Crippen LogP contribution in [0.2, 0.25) is 0 Å². The molecule has 0 aromatic heterocycles. The Morgan fingerprint density at radius 3 is 2.15 bits per heavy atom. The first-order valence-electron chi connectivity index (χ1n) is 4.26. The third-order valence-electron chi connectivity index (χ3n) is 1.16. The SMILES string of the molecule is CCOC([SiH3])=C(OCC)OC(C)=O. The molecule has 0 aromatic carbocycles. The predicted molar refractivity (Wildman–Crippen MR) is 52.0 cm³/mol. The molecule has 5 heteroatoms. The molecule has 0 amide bonds. The predicted octanol–water partition coefficient (Wildman–Crippen LogP) is 0.115. The summed E-state index contributed by atoms with van der Waals surface area (Å²) >= 11 is 0. The first-order valence-corrected chi connectivity index (χ1v) is 5.26. The maximum absolute atomic E-state index is 10.7. The van der Waals surface area contributed by atoms with Gasteiger partial charge >= 0.3 is 11.9 Å². The second kappa shape index (κ2) is 6.53. The van der Waals surface area contributed by atoms with E-state index in [0.29, 0.717) is 28.8 Å². The lowest BCUT2D eigenvalue weighted by atomic mass is 10.7. The molecule has 0 aliphatic heterocycles. The minimum Gasteiger partial charge on any atom is -0.497 e. The maximum atomic E-state index is 10.7. The summed E-state index contributed by atoms with van der Waals surface area (Å²) in [6, 6.07) is 0. The molecule has 0 saturated carbocycles. The van der Waals surface area contributed by atoms with Crippen molar-refractivity contribution in [1.82, 2.24) is 0 Å². The number of hydrogen-bond acceptors (Lipinski definition) is 4. The Balaban J connectivity index is 4.35. The molecule has 0 rings (SSSR count). The topological polar surface area (TPSA) is 44.8 Å².